The third-order valence-corrected chi connectivity index (χ3v) is 4.99. The number of fused-ring (bicyclic) bond motifs is 1. The largest absolute Gasteiger partial charge is 0.353 e. The van der Waals surface area contributed by atoms with E-state index in [2.05, 4.69) is 30.8 Å². The van der Waals surface area contributed by atoms with Gasteiger partial charge in [0.2, 0.25) is 5.95 Å². The minimum absolute atomic E-state index is 0.238. The number of benzene rings is 1. The molecule has 1 N–H and O–H groups in total. The molecule has 1 aliphatic rings. The van der Waals surface area contributed by atoms with Crippen molar-refractivity contribution >= 4 is 17.1 Å². The number of halogens is 1. The highest BCUT2D eigenvalue weighted by Crippen LogP contribution is 2.22. The van der Waals surface area contributed by atoms with Crippen molar-refractivity contribution in [2.75, 3.05) is 25.0 Å². The number of nitrogens with one attached hydrogen (secondary N) is 1. The van der Waals surface area contributed by atoms with Gasteiger partial charge in [-0.2, -0.15) is 10.2 Å². The number of aromatic nitrogens is 3. The van der Waals surface area contributed by atoms with Gasteiger partial charge in [0.1, 0.15) is 5.82 Å². The lowest BCUT2D eigenvalue weighted by Crippen LogP contribution is -2.39. The molecule has 0 unspecified atom stereocenters. The summed E-state index contributed by atoms with van der Waals surface area (Å²) in [6.45, 7) is 2.89. The minimum Gasteiger partial charge on any atom is -0.353 e. The minimum atomic E-state index is -0.238. The van der Waals surface area contributed by atoms with Crippen LogP contribution >= 0.6 is 0 Å². The maximum absolute atomic E-state index is 13.2. The first-order chi connectivity index (χ1) is 13.2. The summed E-state index contributed by atoms with van der Waals surface area (Å²) < 4.78 is 15.3. The van der Waals surface area contributed by atoms with Crippen LogP contribution in [0, 0.1) is 17.1 Å². The molecule has 1 saturated heterocycles. The van der Waals surface area contributed by atoms with E-state index in [1.165, 1.54) is 12.1 Å². The van der Waals surface area contributed by atoms with E-state index in [0.29, 0.717) is 24.8 Å². The van der Waals surface area contributed by atoms with Crippen molar-refractivity contribution in [2.45, 2.75) is 25.4 Å². The Hall–Kier alpha value is -2.98. The molecule has 1 aromatic carbocycles. The van der Waals surface area contributed by atoms with E-state index in [1.54, 1.807) is 18.3 Å². The summed E-state index contributed by atoms with van der Waals surface area (Å²) >= 11 is 0. The van der Waals surface area contributed by atoms with E-state index in [9.17, 15) is 4.39 Å². The summed E-state index contributed by atoms with van der Waals surface area (Å²) in [6, 6.07) is 13.0. The van der Waals surface area contributed by atoms with Crippen LogP contribution in [0.5, 0.6) is 0 Å². The molecule has 6 nitrogen and oxygen atoms in total. The van der Waals surface area contributed by atoms with Gasteiger partial charge in [0.15, 0.2) is 5.65 Å². The van der Waals surface area contributed by atoms with Crippen LogP contribution in [0.1, 0.15) is 18.4 Å². The Labute approximate surface area is 157 Å². The Morgan fingerprint density at radius 1 is 1.19 bits per heavy atom. The van der Waals surface area contributed by atoms with Crippen molar-refractivity contribution in [3.63, 3.8) is 0 Å². The summed E-state index contributed by atoms with van der Waals surface area (Å²) in [6.07, 6.45) is 3.67. The fourth-order valence-electron chi connectivity index (χ4n) is 3.52. The second kappa shape index (κ2) is 7.72. The van der Waals surface area contributed by atoms with Crippen molar-refractivity contribution in [1.82, 2.24) is 19.4 Å². The lowest BCUT2D eigenvalue weighted by Gasteiger charge is -2.31. The molecule has 0 bridgehead atoms. The van der Waals surface area contributed by atoms with Crippen LogP contribution in [0.4, 0.5) is 10.3 Å². The van der Waals surface area contributed by atoms with E-state index in [1.807, 2.05) is 12.1 Å². The summed E-state index contributed by atoms with van der Waals surface area (Å²) in [5.74, 6) is 0.546. The van der Waals surface area contributed by atoms with Gasteiger partial charge >= 0.3 is 0 Å². The third-order valence-electron chi connectivity index (χ3n) is 4.99. The topological polar surface area (TPSA) is 69.8 Å². The fraction of sp³-hybridized carbons (Fsp3) is 0.350. The van der Waals surface area contributed by atoms with Crippen LogP contribution in [-0.2, 0) is 6.54 Å². The molecule has 0 aliphatic carbocycles. The standard InChI is InChI=1S/C20H21FN6/c21-16-5-3-15(4-6-16)14-27-18-2-1-10-23-19(18)25-20(27)24-17-7-11-26(12-8-17)13-9-22/h1-6,10,17H,7-8,11-14H2,(H,23,24,25). The molecule has 0 atom stereocenters. The first-order valence-electron chi connectivity index (χ1n) is 9.14. The van der Waals surface area contributed by atoms with E-state index in [-0.39, 0.29) is 5.82 Å². The zero-order chi connectivity index (χ0) is 18.6. The molecule has 3 heterocycles. The van der Waals surface area contributed by atoms with Gasteiger partial charge in [-0.3, -0.25) is 4.90 Å². The third kappa shape index (κ3) is 3.91. The van der Waals surface area contributed by atoms with Gasteiger partial charge < -0.3 is 9.88 Å². The van der Waals surface area contributed by atoms with Gasteiger partial charge in [-0.25, -0.2) is 9.37 Å². The second-order valence-corrected chi connectivity index (χ2v) is 6.85. The highest BCUT2D eigenvalue weighted by molar-refractivity contribution is 5.74. The van der Waals surface area contributed by atoms with Crippen molar-refractivity contribution in [3.8, 4) is 6.07 Å². The molecule has 2 aromatic heterocycles. The number of imidazole rings is 1. The molecule has 4 rings (SSSR count). The van der Waals surface area contributed by atoms with Crippen molar-refractivity contribution < 1.29 is 4.39 Å². The molecular weight excluding hydrogens is 343 g/mol. The lowest BCUT2D eigenvalue weighted by molar-refractivity contribution is 0.242. The molecule has 1 fully saturated rings. The maximum atomic E-state index is 13.2. The molecular formula is C20H21FN6. The first-order valence-corrected chi connectivity index (χ1v) is 9.14. The molecule has 27 heavy (non-hydrogen) atoms. The Bertz CT molecular complexity index is 951. The molecule has 0 radical (unpaired) electrons. The average Bonchev–Trinajstić information content (AvgIpc) is 3.02. The summed E-state index contributed by atoms with van der Waals surface area (Å²) in [4.78, 5) is 11.2. The molecule has 0 saturated carbocycles. The number of piperidine rings is 1. The average molecular weight is 364 g/mol. The normalized spacial score (nSPS) is 15.7. The molecule has 3 aromatic rings. The number of likely N-dealkylation sites (tertiary alicyclic amines) is 1. The van der Waals surface area contributed by atoms with E-state index in [4.69, 9.17) is 5.26 Å². The molecule has 0 amide bonds. The summed E-state index contributed by atoms with van der Waals surface area (Å²) in [5.41, 5.74) is 2.65. The number of nitriles is 1. The van der Waals surface area contributed by atoms with Gasteiger partial charge in [0.05, 0.1) is 24.7 Å². The maximum Gasteiger partial charge on any atom is 0.205 e. The Morgan fingerprint density at radius 3 is 2.70 bits per heavy atom. The number of hydrogen-bond acceptors (Lipinski definition) is 5. The summed E-state index contributed by atoms with van der Waals surface area (Å²) in [7, 11) is 0. The zero-order valence-corrected chi connectivity index (χ0v) is 15.0. The van der Waals surface area contributed by atoms with Crippen molar-refractivity contribution in [2.24, 2.45) is 0 Å². The second-order valence-electron chi connectivity index (χ2n) is 6.85. The number of hydrogen-bond donors (Lipinski definition) is 1. The predicted molar refractivity (Wildman–Crippen MR) is 102 cm³/mol. The van der Waals surface area contributed by atoms with Crippen LogP contribution in [-0.4, -0.2) is 45.1 Å². The quantitative estimate of drug-likeness (QED) is 0.705. The zero-order valence-electron chi connectivity index (χ0n) is 15.0. The Balaban J connectivity index is 1.57. The van der Waals surface area contributed by atoms with Gasteiger partial charge in [0.25, 0.3) is 0 Å². The van der Waals surface area contributed by atoms with Crippen LogP contribution in [0.25, 0.3) is 11.2 Å². The Kier molecular flexibility index (Phi) is 4.99. The smallest absolute Gasteiger partial charge is 0.205 e. The van der Waals surface area contributed by atoms with Crippen molar-refractivity contribution in [1.29, 1.82) is 5.26 Å². The van der Waals surface area contributed by atoms with Crippen LogP contribution in [0.15, 0.2) is 42.6 Å². The van der Waals surface area contributed by atoms with E-state index >= 15 is 0 Å². The number of rotatable bonds is 5. The highest BCUT2D eigenvalue weighted by atomic mass is 19.1. The first kappa shape index (κ1) is 17.4. The molecule has 0 spiro atoms. The van der Waals surface area contributed by atoms with Crippen molar-refractivity contribution in [3.05, 3.63) is 54.0 Å². The van der Waals surface area contributed by atoms with Gasteiger partial charge in [0, 0.05) is 25.3 Å². The van der Waals surface area contributed by atoms with Gasteiger partial charge in [-0.15, -0.1) is 0 Å². The number of anilines is 1. The SMILES string of the molecule is N#CCN1CCC(Nc2nc3ncccc3n2Cc2ccc(F)cc2)CC1. The lowest BCUT2D eigenvalue weighted by atomic mass is 10.1. The highest BCUT2D eigenvalue weighted by Gasteiger charge is 2.21. The summed E-state index contributed by atoms with van der Waals surface area (Å²) in [5, 5.41) is 12.4. The van der Waals surface area contributed by atoms with Crippen LogP contribution < -0.4 is 5.32 Å². The predicted octanol–water partition coefficient (Wildman–Crippen LogP) is 3.02. The molecule has 138 valence electrons. The van der Waals surface area contributed by atoms with E-state index in [0.717, 1.165) is 43.0 Å². The number of nitrogens with zero attached hydrogens (tertiary/aromatic N) is 5. The van der Waals surface area contributed by atoms with Gasteiger partial charge in [-0.05, 0) is 42.7 Å². The van der Waals surface area contributed by atoms with Crippen LogP contribution in [0.3, 0.4) is 0 Å². The van der Waals surface area contributed by atoms with Crippen LogP contribution in [0.2, 0.25) is 0 Å². The monoisotopic (exact) mass is 364 g/mol. The van der Waals surface area contributed by atoms with E-state index < -0.39 is 0 Å². The number of pyridine rings is 1. The molecule has 7 heteroatoms. The fourth-order valence-corrected chi connectivity index (χ4v) is 3.52. The molecule has 1 aliphatic heterocycles. The Morgan fingerprint density at radius 2 is 1.96 bits per heavy atom. The van der Waals surface area contributed by atoms with Gasteiger partial charge in [-0.1, -0.05) is 12.1 Å².